The molecule has 2 N–H and O–H groups in total. The zero-order valence-corrected chi connectivity index (χ0v) is 14.6. The van der Waals surface area contributed by atoms with Crippen LogP contribution in [0.3, 0.4) is 0 Å². The van der Waals surface area contributed by atoms with Gasteiger partial charge < -0.3 is 14.9 Å². The van der Waals surface area contributed by atoms with E-state index < -0.39 is 6.10 Å². The van der Waals surface area contributed by atoms with E-state index in [2.05, 4.69) is 10.5 Å². The summed E-state index contributed by atoms with van der Waals surface area (Å²) in [6.45, 7) is 5.58. The maximum atomic E-state index is 12.4. The van der Waals surface area contributed by atoms with Gasteiger partial charge in [0.25, 0.3) is 0 Å². The van der Waals surface area contributed by atoms with Crippen LogP contribution in [0.1, 0.15) is 41.5 Å². The van der Waals surface area contributed by atoms with E-state index in [1.807, 2.05) is 56.3 Å². The van der Waals surface area contributed by atoms with Gasteiger partial charge in [-0.25, -0.2) is 0 Å². The van der Waals surface area contributed by atoms with Crippen LogP contribution in [0.2, 0.25) is 0 Å². The molecule has 5 nitrogen and oxygen atoms in total. The molecule has 0 aliphatic heterocycles. The first-order valence-electron chi connectivity index (χ1n) is 8.34. The lowest BCUT2D eigenvalue weighted by Gasteiger charge is -2.16. The SMILES string of the molecule is Cc1noc(C)c1[C@H](C)C(=O)NC[C@H](O)c1ccc2ccccc2c1. The van der Waals surface area contributed by atoms with Crippen molar-refractivity contribution in [3.63, 3.8) is 0 Å². The maximum absolute atomic E-state index is 12.4. The van der Waals surface area contributed by atoms with Gasteiger partial charge in [-0.1, -0.05) is 41.6 Å². The van der Waals surface area contributed by atoms with Crippen LogP contribution in [0.4, 0.5) is 0 Å². The van der Waals surface area contributed by atoms with Gasteiger partial charge in [0, 0.05) is 12.1 Å². The van der Waals surface area contributed by atoms with Crippen LogP contribution in [-0.4, -0.2) is 22.7 Å². The average molecular weight is 338 g/mol. The zero-order chi connectivity index (χ0) is 18.0. The summed E-state index contributed by atoms with van der Waals surface area (Å²) in [5.74, 6) is 0.111. The number of benzene rings is 2. The van der Waals surface area contributed by atoms with Crippen LogP contribution in [0.15, 0.2) is 47.0 Å². The number of nitrogens with zero attached hydrogens (tertiary/aromatic N) is 1. The molecule has 5 heteroatoms. The van der Waals surface area contributed by atoms with Crippen LogP contribution < -0.4 is 5.32 Å². The van der Waals surface area contributed by atoms with Crippen molar-refractivity contribution in [1.29, 1.82) is 0 Å². The van der Waals surface area contributed by atoms with E-state index in [1.165, 1.54) is 0 Å². The first-order chi connectivity index (χ1) is 12.0. The van der Waals surface area contributed by atoms with Crippen LogP contribution in [0.25, 0.3) is 10.8 Å². The second-order valence-corrected chi connectivity index (χ2v) is 6.33. The van der Waals surface area contributed by atoms with Crippen molar-refractivity contribution in [2.24, 2.45) is 0 Å². The molecular formula is C20H22N2O3. The first kappa shape index (κ1) is 17.2. The maximum Gasteiger partial charge on any atom is 0.227 e. The van der Waals surface area contributed by atoms with Gasteiger partial charge in [-0.05, 0) is 43.2 Å². The highest BCUT2D eigenvalue weighted by Crippen LogP contribution is 2.24. The largest absolute Gasteiger partial charge is 0.387 e. The Kier molecular flexibility index (Phi) is 4.86. The van der Waals surface area contributed by atoms with Gasteiger partial charge in [0.2, 0.25) is 5.91 Å². The van der Waals surface area contributed by atoms with E-state index in [1.54, 1.807) is 6.92 Å². The second kappa shape index (κ2) is 7.07. The summed E-state index contributed by atoms with van der Waals surface area (Å²) < 4.78 is 5.12. The normalized spacial score (nSPS) is 13.6. The molecule has 1 heterocycles. The Bertz CT molecular complexity index is 881. The minimum absolute atomic E-state index is 0.158. The summed E-state index contributed by atoms with van der Waals surface area (Å²) in [4.78, 5) is 12.4. The Morgan fingerprint density at radius 1 is 1.20 bits per heavy atom. The number of aliphatic hydroxyl groups excluding tert-OH is 1. The van der Waals surface area contributed by atoms with E-state index in [0.717, 1.165) is 27.6 Å². The predicted molar refractivity (Wildman–Crippen MR) is 96.3 cm³/mol. The summed E-state index contributed by atoms with van der Waals surface area (Å²) >= 11 is 0. The summed E-state index contributed by atoms with van der Waals surface area (Å²) in [5.41, 5.74) is 2.30. The number of fused-ring (bicyclic) bond motifs is 1. The lowest BCUT2D eigenvalue weighted by molar-refractivity contribution is -0.122. The molecule has 130 valence electrons. The molecule has 3 rings (SSSR count). The number of aryl methyl sites for hydroxylation is 2. The summed E-state index contributed by atoms with van der Waals surface area (Å²) in [5, 5.41) is 19.3. The van der Waals surface area contributed by atoms with Crippen molar-refractivity contribution in [3.8, 4) is 0 Å². The van der Waals surface area contributed by atoms with Gasteiger partial charge in [0.05, 0.1) is 17.7 Å². The fourth-order valence-corrected chi connectivity index (χ4v) is 3.12. The highest BCUT2D eigenvalue weighted by atomic mass is 16.5. The number of rotatable bonds is 5. The van der Waals surface area contributed by atoms with Gasteiger partial charge in [-0.15, -0.1) is 0 Å². The fourth-order valence-electron chi connectivity index (χ4n) is 3.12. The molecule has 25 heavy (non-hydrogen) atoms. The second-order valence-electron chi connectivity index (χ2n) is 6.33. The van der Waals surface area contributed by atoms with E-state index in [-0.39, 0.29) is 18.4 Å². The first-order valence-corrected chi connectivity index (χ1v) is 8.34. The van der Waals surface area contributed by atoms with Gasteiger partial charge in [0.15, 0.2) is 0 Å². The van der Waals surface area contributed by atoms with Crippen LogP contribution in [-0.2, 0) is 4.79 Å². The third-order valence-electron chi connectivity index (χ3n) is 4.54. The number of aliphatic hydroxyl groups is 1. The molecule has 1 aromatic heterocycles. The number of carbonyl (C=O) groups excluding carboxylic acids is 1. The monoisotopic (exact) mass is 338 g/mol. The topological polar surface area (TPSA) is 75.4 Å². The van der Waals surface area contributed by atoms with E-state index in [4.69, 9.17) is 4.52 Å². The Morgan fingerprint density at radius 2 is 1.92 bits per heavy atom. The Labute approximate surface area is 146 Å². The van der Waals surface area contributed by atoms with Crippen LogP contribution >= 0.6 is 0 Å². The lowest BCUT2D eigenvalue weighted by atomic mass is 9.98. The number of carbonyl (C=O) groups is 1. The van der Waals surface area contributed by atoms with Crippen LogP contribution in [0, 0.1) is 13.8 Å². The molecule has 0 radical (unpaired) electrons. The van der Waals surface area contributed by atoms with Gasteiger partial charge in [-0.2, -0.15) is 0 Å². The molecule has 0 bridgehead atoms. The Balaban J connectivity index is 1.66. The molecule has 0 saturated heterocycles. The minimum atomic E-state index is -0.759. The van der Waals surface area contributed by atoms with Crippen molar-refractivity contribution in [2.45, 2.75) is 32.8 Å². The van der Waals surface area contributed by atoms with E-state index >= 15 is 0 Å². The molecule has 0 aliphatic rings. The molecule has 0 saturated carbocycles. The third kappa shape index (κ3) is 3.56. The van der Waals surface area contributed by atoms with E-state index in [9.17, 15) is 9.90 Å². The molecule has 0 spiro atoms. The Morgan fingerprint density at radius 3 is 2.60 bits per heavy atom. The molecule has 0 unspecified atom stereocenters. The number of aromatic nitrogens is 1. The summed E-state index contributed by atoms with van der Waals surface area (Å²) in [6.07, 6.45) is -0.759. The summed E-state index contributed by atoms with van der Waals surface area (Å²) in [6, 6.07) is 13.8. The smallest absolute Gasteiger partial charge is 0.227 e. The quantitative estimate of drug-likeness (QED) is 0.748. The third-order valence-corrected chi connectivity index (χ3v) is 4.54. The highest BCUT2D eigenvalue weighted by molar-refractivity contribution is 5.84. The molecule has 2 aromatic carbocycles. The lowest BCUT2D eigenvalue weighted by Crippen LogP contribution is -2.32. The molecule has 2 atom stereocenters. The summed E-state index contributed by atoms with van der Waals surface area (Å²) in [7, 11) is 0. The molecule has 0 aliphatic carbocycles. The minimum Gasteiger partial charge on any atom is -0.387 e. The number of amides is 1. The van der Waals surface area contributed by atoms with Crippen molar-refractivity contribution in [1.82, 2.24) is 10.5 Å². The van der Waals surface area contributed by atoms with Crippen molar-refractivity contribution in [3.05, 3.63) is 65.0 Å². The fraction of sp³-hybridized carbons (Fsp3) is 0.300. The number of hydrogen-bond donors (Lipinski definition) is 2. The van der Waals surface area contributed by atoms with Crippen molar-refractivity contribution in [2.75, 3.05) is 6.54 Å². The predicted octanol–water partition coefficient (Wildman–Crippen LogP) is 3.40. The van der Waals surface area contributed by atoms with E-state index in [0.29, 0.717) is 5.76 Å². The Hall–Kier alpha value is -2.66. The highest BCUT2D eigenvalue weighted by Gasteiger charge is 2.23. The number of nitrogens with one attached hydrogen (secondary N) is 1. The molecule has 3 aromatic rings. The standard InChI is InChI=1S/C20H22N2O3/c1-12(19-13(2)22-25-14(19)3)20(24)21-11-18(23)17-9-8-15-6-4-5-7-16(15)10-17/h4-10,12,18,23H,11H2,1-3H3,(H,21,24)/t12-,18-/m0/s1. The number of hydrogen-bond acceptors (Lipinski definition) is 4. The molecule has 1 amide bonds. The average Bonchev–Trinajstić information content (AvgIpc) is 2.96. The van der Waals surface area contributed by atoms with Crippen molar-refractivity contribution < 1.29 is 14.4 Å². The van der Waals surface area contributed by atoms with Gasteiger partial charge >= 0.3 is 0 Å². The van der Waals surface area contributed by atoms with Crippen molar-refractivity contribution >= 4 is 16.7 Å². The molecular weight excluding hydrogens is 316 g/mol. The van der Waals surface area contributed by atoms with Gasteiger partial charge in [0.1, 0.15) is 5.76 Å². The molecule has 0 fully saturated rings. The van der Waals surface area contributed by atoms with Crippen LogP contribution in [0.5, 0.6) is 0 Å². The van der Waals surface area contributed by atoms with Gasteiger partial charge in [-0.3, -0.25) is 4.79 Å². The zero-order valence-electron chi connectivity index (χ0n) is 14.6.